The van der Waals surface area contributed by atoms with Crippen LogP contribution in [0.25, 0.3) is 5.65 Å². The number of fused-ring (bicyclic) bond motifs is 1. The zero-order chi connectivity index (χ0) is 26.0. The number of pyridine rings is 1. The molecule has 0 bridgehead atoms. The first kappa shape index (κ1) is 25.2. The van der Waals surface area contributed by atoms with Crippen LogP contribution in [0.3, 0.4) is 0 Å². The molecule has 0 radical (unpaired) electrons. The van der Waals surface area contributed by atoms with Crippen molar-refractivity contribution in [1.29, 1.82) is 0 Å². The van der Waals surface area contributed by atoms with E-state index in [0.717, 1.165) is 29.7 Å². The molecule has 0 saturated carbocycles. The third-order valence-corrected chi connectivity index (χ3v) is 6.24. The Kier molecular flexibility index (Phi) is 7.29. The van der Waals surface area contributed by atoms with Crippen LogP contribution in [0.4, 0.5) is 26.0 Å². The standard InChI is InChI=1S/C23H29F2N9O2/c1-31(2)8-9-32(3)23(36)14-4-6-33(7-5-14)19-16(25)11-27-12-17(19)29-22(35)18-20(26)30-34-13-15(24)10-28-21(18)34/h10-14H,4-9H2,1-3H3,(H2,26,30)(H,29,35). The van der Waals surface area contributed by atoms with E-state index in [1.54, 1.807) is 16.8 Å². The van der Waals surface area contributed by atoms with Crippen molar-refractivity contribution in [3.63, 3.8) is 0 Å². The Labute approximate surface area is 206 Å². The molecule has 4 heterocycles. The fourth-order valence-corrected chi connectivity index (χ4v) is 4.29. The molecule has 0 unspecified atom stereocenters. The molecule has 1 aliphatic rings. The second-order valence-electron chi connectivity index (χ2n) is 9.10. The molecular weight excluding hydrogens is 472 g/mol. The number of hydrogen-bond donors (Lipinski definition) is 2. The van der Waals surface area contributed by atoms with Crippen LogP contribution in [0, 0.1) is 17.6 Å². The zero-order valence-corrected chi connectivity index (χ0v) is 20.4. The summed E-state index contributed by atoms with van der Waals surface area (Å²) in [5.74, 6) is -2.14. The van der Waals surface area contributed by atoms with Crippen molar-refractivity contribution < 1.29 is 18.4 Å². The minimum atomic E-state index is -0.678. The van der Waals surface area contributed by atoms with Gasteiger partial charge < -0.3 is 25.8 Å². The summed E-state index contributed by atoms with van der Waals surface area (Å²) in [5.41, 5.74) is 6.21. The van der Waals surface area contributed by atoms with Crippen molar-refractivity contribution in [2.45, 2.75) is 12.8 Å². The SMILES string of the molecule is CN(C)CCN(C)C(=O)C1CCN(c2c(F)cncc2NC(=O)c2c(N)nn3cc(F)cnc23)CC1. The molecule has 0 aromatic carbocycles. The van der Waals surface area contributed by atoms with Crippen LogP contribution in [-0.2, 0) is 4.79 Å². The molecule has 36 heavy (non-hydrogen) atoms. The van der Waals surface area contributed by atoms with Gasteiger partial charge in [-0.15, -0.1) is 5.10 Å². The summed E-state index contributed by atoms with van der Waals surface area (Å²) in [4.78, 5) is 39.2. The van der Waals surface area contributed by atoms with Crippen molar-refractivity contribution in [3.8, 4) is 0 Å². The number of nitrogens with two attached hydrogens (primary N) is 1. The number of halogens is 2. The first-order valence-electron chi connectivity index (χ1n) is 11.5. The summed E-state index contributed by atoms with van der Waals surface area (Å²) < 4.78 is 29.5. The smallest absolute Gasteiger partial charge is 0.263 e. The van der Waals surface area contributed by atoms with Gasteiger partial charge in [-0.25, -0.2) is 18.3 Å². The fraction of sp³-hybridized carbons (Fsp3) is 0.435. The lowest BCUT2D eigenvalue weighted by Crippen LogP contribution is -2.43. The van der Waals surface area contributed by atoms with Gasteiger partial charge in [0.15, 0.2) is 23.1 Å². The maximum atomic E-state index is 14.9. The molecule has 0 spiro atoms. The fourth-order valence-electron chi connectivity index (χ4n) is 4.29. The second kappa shape index (κ2) is 10.4. The van der Waals surface area contributed by atoms with E-state index in [0.29, 0.717) is 32.5 Å². The summed E-state index contributed by atoms with van der Waals surface area (Å²) in [5, 5.41) is 6.57. The predicted octanol–water partition coefficient (Wildman–Crippen LogP) is 1.47. The summed E-state index contributed by atoms with van der Waals surface area (Å²) in [6.07, 6.45) is 5.52. The molecule has 13 heteroatoms. The van der Waals surface area contributed by atoms with Gasteiger partial charge in [0.05, 0.1) is 30.5 Å². The number of nitrogens with one attached hydrogen (secondary N) is 1. The van der Waals surface area contributed by atoms with Gasteiger partial charge >= 0.3 is 0 Å². The van der Waals surface area contributed by atoms with E-state index in [2.05, 4.69) is 20.4 Å². The van der Waals surface area contributed by atoms with Gasteiger partial charge in [-0.1, -0.05) is 0 Å². The first-order valence-corrected chi connectivity index (χ1v) is 11.5. The van der Waals surface area contributed by atoms with Crippen molar-refractivity contribution in [1.82, 2.24) is 29.4 Å². The van der Waals surface area contributed by atoms with Crippen LogP contribution in [0.15, 0.2) is 24.8 Å². The molecule has 1 fully saturated rings. The third kappa shape index (κ3) is 5.20. The topological polar surface area (TPSA) is 125 Å². The van der Waals surface area contributed by atoms with E-state index in [1.807, 2.05) is 19.0 Å². The predicted molar refractivity (Wildman–Crippen MR) is 131 cm³/mol. The number of nitrogen functional groups attached to an aromatic ring is 1. The monoisotopic (exact) mass is 501 g/mol. The lowest BCUT2D eigenvalue weighted by Gasteiger charge is -2.35. The number of likely N-dealkylation sites (N-methyl/N-ethyl adjacent to an activating group) is 2. The van der Waals surface area contributed by atoms with Crippen LogP contribution in [-0.4, -0.2) is 88.5 Å². The Hall–Kier alpha value is -3.87. The van der Waals surface area contributed by atoms with E-state index in [-0.39, 0.29) is 40.2 Å². The number of carbonyl (C=O) groups is 2. The molecule has 3 N–H and O–H groups in total. The molecule has 11 nitrogen and oxygen atoms in total. The van der Waals surface area contributed by atoms with Gasteiger partial charge in [-0.3, -0.25) is 14.6 Å². The van der Waals surface area contributed by atoms with Gasteiger partial charge in [0.2, 0.25) is 5.91 Å². The molecule has 0 atom stereocenters. The van der Waals surface area contributed by atoms with Crippen molar-refractivity contribution >= 4 is 34.7 Å². The minimum Gasteiger partial charge on any atom is -0.381 e. The number of amides is 2. The van der Waals surface area contributed by atoms with Crippen molar-refractivity contribution in [2.75, 3.05) is 63.3 Å². The zero-order valence-electron chi connectivity index (χ0n) is 20.4. The quantitative estimate of drug-likeness (QED) is 0.499. The number of rotatable bonds is 7. The molecule has 1 aliphatic heterocycles. The highest BCUT2D eigenvalue weighted by atomic mass is 19.1. The minimum absolute atomic E-state index is 0.0599. The van der Waals surface area contributed by atoms with Crippen molar-refractivity contribution in [2.24, 2.45) is 5.92 Å². The number of carbonyl (C=O) groups excluding carboxylic acids is 2. The number of anilines is 3. The van der Waals surface area contributed by atoms with Crippen LogP contribution in [0.1, 0.15) is 23.2 Å². The molecule has 3 aromatic rings. The molecule has 1 saturated heterocycles. The van der Waals surface area contributed by atoms with Gasteiger partial charge in [-0.05, 0) is 26.9 Å². The third-order valence-electron chi connectivity index (χ3n) is 6.24. The van der Waals surface area contributed by atoms with Crippen LogP contribution in [0.2, 0.25) is 0 Å². The number of piperidine rings is 1. The van der Waals surface area contributed by atoms with Crippen molar-refractivity contribution in [3.05, 3.63) is 42.0 Å². The highest BCUT2D eigenvalue weighted by Gasteiger charge is 2.30. The normalized spacial score (nSPS) is 14.4. The Balaban J connectivity index is 1.49. The van der Waals surface area contributed by atoms with Gasteiger partial charge in [0.1, 0.15) is 11.3 Å². The maximum absolute atomic E-state index is 14.9. The highest BCUT2D eigenvalue weighted by molar-refractivity contribution is 6.12. The average Bonchev–Trinajstić information content (AvgIpc) is 3.17. The number of aromatic nitrogens is 4. The summed E-state index contributed by atoms with van der Waals surface area (Å²) in [6, 6.07) is 0. The number of nitrogens with zero attached hydrogens (tertiary/aromatic N) is 7. The molecule has 3 aromatic heterocycles. The summed E-state index contributed by atoms with van der Waals surface area (Å²) >= 11 is 0. The summed E-state index contributed by atoms with van der Waals surface area (Å²) in [7, 11) is 5.71. The van der Waals surface area contributed by atoms with Crippen LogP contribution in [0.5, 0.6) is 0 Å². The molecule has 2 amide bonds. The Bertz CT molecular complexity index is 1270. The van der Waals surface area contributed by atoms with Crippen LogP contribution < -0.4 is 16.0 Å². The van der Waals surface area contributed by atoms with E-state index in [9.17, 15) is 18.4 Å². The Morgan fingerprint density at radius 2 is 1.86 bits per heavy atom. The summed E-state index contributed by atoms with van der Waals surface area (Å²) in [6.45, 7) is 2.27. The van der Waals surface area contributed by atoms with E-state index < -0.39 is 17.5 Å². The molecule has 192 valence electrons. The Morgan fingerprint density at radius 1 is 1.14 bits per heavy atom. The Morgan fingerprint density at radius 3 is 2.56 bits per heavy atom. The van der Waals surface area contributed by atoms with Gasteiger partial charge in [-0.2, -0.15) is 0 Å². The van der Waals surface area contributed by atoms with E-state index in [1.165, 1.54) is 6.20 Å². The average molecular weight is 502 g/mol. The largest absolute Gasteiger partial charge is 0.381 e. The molecule has 4 rings (SSSR count). The lowest BCUT2D eigenvalue weighted by molar-refractivity contribution is -0.134. The van der Waals surface area contributed by atoms with Gasteiger partial charge in [0.25, 0.3) is 5.91 Å². The maximum Gasteiger partial charge on any atom is 0.263 e. The first-order chi connectivity index (χ1) is 17.2. The lowest BCUT2D eigenvalue weighted by atomic mass is 9.95. The van der Waals surface area contributed by atoms with E-state index >= 15 is 0 Å². The van der Waals surface area contributed by atoms with Crippen LogP contribution >= 0.6 is 0 Å². The number of hydrogen-bond acceptors (Lipinski definition) is 8. The van der Waals surface area contributed by atoms with Gasteiger partial charge in [0, 0.05) is 39.1 Å². The second-order valence-corrected chi connectivity index (χ2v) is 9.10. The molecule has 0 aliphatic carbocycles. The van der Waals surface area contributed by atoms with E-state index in [4.69, 9.17) is 5.73 Å². The highest BCUT2D eigenvalue weighted by Crippen LogP contribution is 2.33. The molecular formula is C23H29F2N9O2.